The van der Waals surface area contributed by atoms with Crippen molar-refractivity contribution in [2.75, 3.05) is 18.1 Å². The Bertz CT molecular complexity index is 902. The number of nitrogens with one attached hydrogen (secondary N) is 1. The van der Waals surface area contributed by atoms with Crippen LogP contribution in [0.5, 0.6) is 0 Å². The molecule has 2 unspecified atom stereocenters. The van der Waals surface area contributed by atoms with Gasteiger partial charge >= 0.3 is 6.09 Å². The molecule has 25 heavy (non-hydrogen) atoms. The minimum Gasteiger partial charge on any atom is -0.465 e. The summed E-state index contributed by atoms with van der Waals surface area (Å²) in [4.78, 5) is 21.1. The summed E-state index contributed by atoms with van der Waals surface area (Å²) in [5.74, 6) is -0.374. The molecular weight excluding hydrogens is 482 g/mol. The van der Waals surface area contributed by atoms with Crippen molar-refractivity contribution in [2.24, 2.45) is 5.92 Å². The predicted octanol–water partition coefficient (Wildman–Crippen LogP) is 3.91. The van der Waals surface area contributed by atoms with Gasteiger partial charge in [-0.1, -0.05) is 11.6 Å². The Morgan fingerprint density at radius 3 is 3.00 bits per heavy atom. The second-order valence-corrected chi connectivity index (χ2v) is 8.34. The molecular formula is C15H13ClFIN4O2S. The molecule has 1 amide bonds. The molecule has 3 aliphatic rings. The predicted molar refractivity (Wildman–Crippen MR) is 103 cm³/mol. The monoisotopic (exact) mass is 494 g/mol. The number of hydrogen-bond acceptors (Lipinski definition) is 5. The van der Waals surface area contributed by atoms with Crippen LogP contribution in [0, 0.1) is 15.3 Å². The molecule has 132 valence electrons. The fraction of sp³-hybridized carbons (Fsp3) is 0.400. The second kappa shape index (κ2) is 6.27. The molecule has 0 spiro atoms. The van der Waals surface area contributed by atoms with E-state index in [-0.39, 0.29) is 28.7 Å². The lowest BCUT2D eigenvalue weighted by Crippen LogP contribution is -2.49. The molecule has 1 aliphatic carbocycles. The minimum absolute atomic E-state index is 0.0173. The van der Waals surface area contributed by atoms with Crippen molar-refractivity contribution in [1.29, 1.82) is 0 Å². The molecule has 2 bridgehead atoms. The summed E-state index contributed by atoms with van der Waals surface area (Å²) < 4.78 is 15.3. The number of aromatic nitrogens is 2. The maximum absolute atomic E-state index is 14.4. The first-order valence-electron chi connectivity index (χ1n) is 7.55. The number of nitrogens with zero attached hydrogens (tertiary/aromatic N) is 3. The van der Waals surface area contributed by atoms with Gasteiger partial charge < -0.3 is 15.3 Å². The minimum atomic E-state index is -0.893. The number of hydrogen-bond donors (Lipinski definition) is 2. The van der Waals surface area contributed by atoms with E-state index in [2.05, 4.69) is 37.9 Å². The topological polar surface area (TPSA) is 78.4 Å². The smallest absolute Gasteiger partial charge is 0.407 e. The number of amides is 1. The molecule has 6 nitrogen and oxygen atoms in total. The maximum Gasteiger partial charge on any atom is 0.407 e. The Labute approximate surface area is 165 Å². The first-order chi connectivity index (χ1) is 11.9. The summed E-state index contributed by atoms with van der Waals surface area (Å²) in [6, 6.07) is -0.0342. The molecule has 2 aromatic heterocycles. The zero-order chi connectivity index (χ0) is 17.9. The summed E-state index contributed by atoms with van der Waals surface area (Å²) in [5.41, 5.74) is 0.916. The van der Waals surface area contributed by atoms with Gasteiger partial charge in [0.05, 0.1) is 21.3 Å². The highest BCUT2D eigenvalue weighted by Crippen LogP contribution is 2.45. The van der Waals surface area contributed by atoms with Gasteiger partial charge in [-0.2, -0.15) is 0 Å². The third-order valence-electron chi connectivity index (χ3n) is 4.89. The summed E-state index contributed by atoms with van der Waals surface area (Å²) >= 11 is 9.40. The third-order valence-corrected chi connectivity index (χ3v) is 7.25. The van der Waals surface area contributed by atoms with Crippen molar-refractivity contribution in [3.05, 3.63) is 20.7 Å². The van der Waals surface area contributed by atoms with Gasteiger partial charge in [-0.25, -0.2) is 19.2 Å². The average molecular weight is 495 g/mol. The largest absolute Gasteiger partial charge is 0.465 e. The lowest BCUT2D eigenvalue weighted by molar-refractivity contribution is 0.140. The van der Waals surface area contributed by atoms with Crippen molar-refractivity contribution in [2.45, 2.75) is 23.5 Å². The SMILES string of the molecule is CSc1nc2c(F)c(Cl)ncc2c(N[C@H]2C3CC2N(C(=O)O)C3)c1I. The van der Waals surface area contributed by atoms with E-state index in [4.69, 9.17) is 11.6 Å². The third kappa shape index (κ3) is 2.62. The van der Waals surface area contributed by atoms with E-state index >= 15 is 0 Å². The van der Waals surface area contributed by atoms with E-state index in [1.807, 2.05) is 6.26 Å². The van der Waals surface area contributed by atoms with Crippen LogP contribution < -0.4 is 5.32 Å². The van der Waals surface area contributed by atoms with Crippen LogP contribution in [0.1, 0.15) is 6.42 Å². The van der Waals surface area contributed by atoms with Gasteiger partial charge in [0.2, 0.25) is 0 Å². The van der Waals surface area contributed by atoms with Gasteiger partial charge in [-0.3, -0.25) is 0 Å². The van der Waals surface area contributed by atoms with E-state index in [0.29, 0.717) is 17.0 Å². The Hall–Kier alpha value is -1.07. The van der Waals surface area contributed by atoms with Crippen LogP contribution in [-0.4, -0.2) is 51.0 Å². The molecule has 2 N–H and O–H groups in total. The second-order valence-electron chi connectivity index (χ2n) is 6.10. The van der Waals surface area contributed by atoms with Gasteiger partial charge in [0.25, 0.3) is 0 Å². The number of carbonyl (C=O) groups is 1. The highest BCUT2D eigenvalue weighted by Gasteiger charge is 2.54. The first kappa shape index (κ1) is 17.3. The molecule has 4 heterocycles. The fourth-order valence-corrected chi connectivity index (χ4v) is 5.45. The van der Waals surface area contributed by atoms with Crippen LogP contribution in [0.2, 0.25) is 5.15 Å². The lowest BCUT2D eigenvalue weighted by Gasteiger charge is -2.37. The van der Waals surface area contributed by atoms with Gasteiger partial charge in [0, 0.05) is 24.0 Å². The number of anilines is 1. The normalized spacial score (nSPS) is 24.5. The molecule has 1 saturated carbocycles. The highest BCUT2D eigenvalue weighted by atomic mass is 127. The molecule has 0 aromatic carbocycles. The van der Waals surface area contributed by atoms with E-state index in [1.165, 1.54) is 22.9 Å². The van der Waals surface area contributed by atoms with Crippen LogP contribution in [0.4, 0.5) is 14.9 Å². The molecule has 5 rings (SSSR count). The van der Waals surface area contributed by atoms with Gasteiger partial charge in [-0.15, -0.1) is 11.8 Å². The van der Waals surface area contributed by atoms with Gasteiger partial charge in [-0.05, 0) is 35.3 Å². The highest BCUT2D eigenvalue weighted by molar-refractivity contribution is 14.1. The zero-order valence-electron chi connectivity index (χ0n) is 13.0. The number of pyridine rings is 2. The van der Waals surface area contributed by atoms with Crippen LogP contribution in [0.3, 0.4) is 0 Å². The van der Waals surface area contributed by atoms with Gasteiger partial charge in [0.15, 0.2) is 11.0 Å². The summed E-state index contributed by atoms with van der Waals surface area (Å²) in [5, 5.41) is 13.8. The molecule has 2 aliphatic heterocycles. The molecule has 2 aromatic rings. The standard InChI is InChI=1S/C15H13ClFIN4O2S/c1-25-14-9(18)12(6-3-19-13(16)8(17)11(6)21-14)20-10-5-2-7(10)22(4-5)15(23)24/h3,5,7,10H,2,4H2,1H3,(H,20,21)(H,23,24)/t5?,7?,10-/m0/s1. The molecule has 10 heteroatoms. The zero-order valence-corrected chi connectivity index (χ0v) is 16.7. The van der Waals surface area contributed by atoms with Crippen LogP contribution in [0.25, 0.3) is 10.9 Å². The van der Waals surface area contributed by atoms with E-state index in [0.717, 1.165) is 15.7 Å². The number of rotatable bonds is 3. The quantitative estimate of drug-likeness (QED) is 0.383. The molecule has 0 radical (unpaired) electrons. The number of carboxylic acid groups (broad SMARTS) is 1. The molecule has 3 fully saturated rings. The van der Waals surface area contributed by atoms with Crippen LogP contribution >= 0.6 is 46.0 Å². The Morgan fingerprint density at radius 1 is 1.60 bits per heavy atom. The van der Waals surface area contributed by atoms with Crippen LogP contribution in [-0.2, 0) is 0 Å². The van der Waals surface area contributed by atoms with E-state index < -0.39 is 11.9 Å². The van der Waals surface area contributed by atoms with Gasteiger partial charge in [0.1, 0.15) is 10.5 Å². The van der Waals surface area contributed by atoms with Crippen molar-refractivity contribution in [3.8, 4) is 0 Å². The molecule has 3 atom stereocenters. The average Bonchev–Trinajstić information content (AvgIpc) is 3.17. The summed E-state index contributed by atoms with van der Waals surface area (Å²) in [6.07, 6.45) is 3.35. The fourth-order valence-electron chi connectivity index (χ4n) is 3.62. The summed E-state index contributed by atoms with van der Waals surface area (Å²) in [6.45, 7) is 0.533. The number of thioether (sulfide) groups is 1. The lowest BCUT2D eigenvalue weighted by atomic mass is 9.80. The first-order valence-corrected chi connectivity index (χ1v) is 10.2. The Kier molecular flexibility index (Phi) is 4.35. The molecule has 2 saturated heterocycles. The maximum atomic E-state index is 14.4. The van der Waals surface area contributed by atoms with Crippen molar-refractivity contribution in [3.63, 3.8) is 0 Å². The van der Waals surface area contributed by atoms with Crippen molar-refractivity contribution < 1.29 is 14.3 Å². The Morgan fingerprint density at radius 2 is 2.36 bits per heavy atom. The van der Waals surface area contributed by atoms with Crippen LogP contribution in [0.15, 0.2) is 11.2 Å². The van der Waals surface area contributed by atoms with E-state index in [1.54, 1.807) is 0 Å². The van der Waals surface area contributed by atoms with Crippen molar-refractivity contribution in [1.82, 2.24) is 14.9 Å². The number of fused-ring (bicyclic) bond motifs is 2. The number of halogens is 3. The van der Waals surface area contributed by atoms with Crippen molar-refractivity contribution >= 4 is 68.6 Å². The Balaban J connectivity index is 1.78. The summed E-state index contributed by atoms with van der Waals surface area (Å²) in [7, 11) is 0. The van der Waals surface area contributed by atoms with E-state index in [9.17, 15) is 14.3 Å².